The van der Waals surface area contributed by atoms with E-state index in [1.807, 2.05) is 46.1 Å². The minimum absolute atomic E-state index is 0.108. The van der Waals surface area contributed by atoms with Crippen LogP contribution in [0.15, 0.2) is 63.9 Å². The van der Waals surface area contributed by atoms with Crippen molar-refractivity contribution >= 4 is 28.8 Å². The van der Waals surface area contributed by atoms with Gasteiger partial charge in [-0.25, -0.2) is 9.19 Å². The Kier molecular flexibility index (Phi) is 7.01. The monoisotopic (exact) mass is 517 g/mol. The summed E-state index contributed by atoms with van der Waals surface area (Å²) < 4.78 is 17.1. The van der Waals surface area contributed by atoms with Crippen molar-refractivity contribution in [3.63, 3.8) is 0 Å². The fourth-order valence-electron chi connectivity index (χ4n) is 5.53. The van der Waals surface area contributed by atoms with E-state index in [4.69, 9.17) is 13.9 Å². The minimum Gasteiger partial charge on any atom is -0.479 e. The summed E-state index contributed by atoms with van der Waals surface area (Å²) in [5.41, 5.74) is 9.12. The summed E-state index contributed by atoms with van der Waals surface area (Å²) in [7, 11) is 0. The predicted molar refractivity (Wildman–Crippen MR) is 153 cm³/mol. The Morgan fingerprint density at radius 1 is 1.14 bits per heavy atom. The van der Waals surface area contributed by atoms with Crippen LogP contribution in [0.3, 0.4) is 0 Å². The number of carboxylic acid groups (broad SMARTS) is 1. The summed E-state index contributed by atoms with van der Waals surface area (Å²) in [5.74, 6) is -0.978. The van der Waals surface area contributed by atoms with Crippen molar-refractivity contribution in [3.8, 4) is 11.1 Å². The van der Waals surface area contributed by atoms with Gasteiger partial charge in [0.05, 0.1) is 24.1 Å². The quantitative estimate of drug-likeness (QED) is 0.411. The van der Waals surface area contributed by atoms with Crippen molar-refractivity contribution in [2.45, 2.75) is 58.0 Å². The highest BCUT2D eigenvalue weighted by atomic mass is 32.2. The van der Waals surface area contributed by atoms with Gasteiger partial charge in [-0.3, -0.25) is 0 Å². The smallest absolute Gasteiger partial charge is 0.337 e. The van der Waals surface area contributed by atoms with E-state index in [2.05, 4.69) is 48.7 Å². The predicted octanol–water partition coefficient (Wildman–Crippen LogP) is 7.21. The van der Waals surface area contributed by atoms with Crippen molar-refractivity contribution in [2.24, 2.45) is 4.40 Å². The lowest BCUT2D eigenvalue weighted by molar-refractivity contribution is -0.160. The molecule has 5 rings (SSSR count). The molecule has 2 aromatic rings. The maximum atomic E-state index is 12.7. The molecule has 1 aliphatic carbocycles. The first-order chi connectivity index (χ1) is 17.7. The lowest BCUT2D eigenvalue weighted by Crippen LogP contribution is -2.28. The summed E-state index contributed by atoms with van der Waals surface area (Å²) in [5, 5.41) is 12.7. The Hall–Kier alpha value is -2.93. The van der Waals surface area contributed by atoms with Crippen LogP contribution in [-0.2, 0) is 14.3 Å². The standard InChI is InChI=1S/C31H35NO4S/c1-19-9-11-21(12-10-19)26-25(28(30(33)34)36-31(3,4)5)20(2)17-23-27(26)22-13-15-35-18-24(22)29(23)37-16-8-6-7-14-32-37/h6-12,14,16-17,28-29,37H,13,15,18H2,1-5H3,(H,33,34). The highest BCUT2D eigenvalue weighted by Gasteiger charge is 2.41. The third kappa shape index (κ3) is 4.98. The Balaban J connectivity index is 1.82. The molecule has 0 bridgehead atoms. The van der Waals surface area contributed by atoms with Crippen LogP contribution in [-0.4, -0.2) is 36.1 Å². The van der Waals surface area contributed by atoms with E-state index in [-0.39, 0.29) is 5.25 Å². The molecule has 3 aliphatic rings. The molecule has 0 saturated carbocycles. The Morgan fingerprint density at radius 2 is 1.89 bits per heavy atom. The largest absolute Gasteiger partial charge is 0.479 e. The van der Waals surface area contributed by atoms with Crippen LogP contribution >= 0.6 is 11.1 Å². The second kappa shape index (κ2) is 10.1. The molecule has 0 spiro atoms. The highest BCUT2D eigenvalue weighted by molar-refractivity contribution is 8.18. The molecule has 194 valence electrons. The van der Waals surface area contributed by atoms with E-state index < -0.39 is 28.8 Å². The lowest BCUT2D eigenvalue weighted by Gasteiger charge is -2.30. The van der Waals surface area contributed by atoms with Crippen molar-refractivity contribution < 1.29 is 19.4 Å². The van der Waals surface area contributed by atoms with E-state index in [0.29, 0.717) is 13.2 Å². The van der Waals surface area contributed by atoms with Crippen molar-refractivity contribution in [1.29, 1.82) is 0 Å². The molecule has 0 aromatic heterocycles. The zero-order valence-electron chi connectivity index (χ0n) is 22.1. The number of benzene rings is 2. The molecule has 2 aromatic carbocycles. The Morgan fingerprint density at radius 3 is 2.59 bits per heavy atom. The molecule has 3 atom stereocenters. The molecule has 5 nitrogen and oxygen atoms in total. The number of hydrogen-bond acceptors (Lipinski definition) is 4. The Labute approximate surface area is 222 Å². The third-order valence-corrected chi connectivity index (χ3v) is 8.98. The van der Waals surface area contributed by atoms with Gasteiger partial charge in [-0.2, -0.15) is 0 Å². The molecular weight excluding hydrogens is 482 g/mol. The Bertz CT molecular complexity index is 1330. The molecule has 37 heavy (non-hydrogen) atoms. The normalized spacial score (nSPS) is 22.5. The highest BCUT2D eigenvalue weighted by Crippen LogP contribution is 2.61. The van der Waals surface area contributed by atoms with E-state index in [0.717, 1.165) is 39.8 Å². The van der Waals surface area contributed by atoms with Gasteiger partial charge in [0, 0.05) is 11.8 Å². The van der Waals surface area contributed by atoms with Crippen LogP contribution in [0.4, 0.5) is 0 Å². The number of rotatable bonds is 5. The second-order valence-electron chi connectivity index (χ2n) is 10.8. The molecule has 0 saturated heterocycles. The van der Waals surface area contributed by atoms with Crippen LogP contribution in [0.25, 0.3) is 16.7 Å². The van der Waals surface area contributed by atoms with E-state index in [1.54, 1.807) is 0 Å². The van der Waals surface area contributed by atoms with Crippen molar-refractivity contribution in [1.82, 2.24) is 0 Å². The zero-order valence-corrected chi connectivity index (χ0v) is 23.0. The molecule has 1 N–H and O–H groups in total. The van der Waals surface area contributed by atoms with Crippen LogP contribution in [0.2, 0.25) is 0 Å². The van der Waals surface area contributed by atoms with Gasteiger partial charge < -0.3 is 14.6 Å². The fraction of sp³-hybridized carbons (Fsp3) is 0.355. The maximum Gasteiger partial charge on any atom is 0.337 e. The number of thiol groups is 1. The van der Waals surface area contributed by atoms with E-state index in [1.165, 1.54) is 16.7 Å². The number of nitrogens with zero attached hydrogens (tertiary/aromatic N) is 1. The molecule has 2 aliphatic heterocycles. The van der Waals surface area contributed by atoms with Crippen molar-refractivity contribution in [2.75, 3.05) is 13.2 Å². The van der Waals surface area contributed by atoms with Crippen LogP contribution in [0, 0.1) is 13.8 Å². The number of ether oxygens (including phenoxy) is 2. The van der Waals surface area contributed by atoms with Gasteiger partial charge in [0.1, 0.15) is 0 Å². The molecular formula is C31H35NO4S. The van der Waals surface area contributed by atoms with Crippen LogP contribution in [0.5, 0.6) is 0 Å². The first-order valence-electron chi connectivity index (χ1n) is 12.8. The molecule has 0 amide bonds. The van der Waals surface area contributed by atoms with Crippen LogP contribution < -0.4 is 0 Å². The van der Waals surface area contributed by atoms with Gasteiger partial charge in [0.25, 0.3) is 0 Å². The summed E-state index contributed by atoms with van der Waals surface area (Å²) in [6.07, 6.45) is 7.67. The first-order valence-corrected chi connectivity index (χ1v) is 14.2. The van der Waals surface area contributed by atoms with Crippen molar-refractivity contribution in [3.05, 3.63) is 87.4 Å². The van der Waals surface area contributed by atoms with Crippen LogP contribution in [0.1, 0.15) is 66.4 Å². The number of fused-ring (bicyclic) bond motifs is 2. The third-order valence-electron chi connectivity index (χ3n) is 6.98. The van der Waals surface area contributed by atoms with Gasteiger partial charge in [0.15, 0.2) is 6.10 Å². The number of allylic oxidation sites excluding steroid dienone is 3. The van der Waals surface area contributed by atoms with Gasteiger partial charge >= 0.3 is 5.97 Å². The van der Waals surface area contributed by atoms with Gasteiger partial charge in [-0.05, 0) is 91.5 Å². The zero-order chi connectivity index (χ0) is 26.3. The molecule has 3 unspecified atom stereocenters. The average molecular weight is 518 g/mol. The fourth-order valence-corrected chi connectivity index (χ4v) is 7.45. The number of carbonyl (C=O) groups is 1. The summed E-state index contributed by atoms with van der Waals surface area (Å²) in [6, 6.07) is 10.6. The SMILES string of the molecule is Cc1ccc(-c2c3c(cc(C)c2C(OC(C)(C)C)C(=O)O)C([SH]2C=CC=CC=N2)C2=C3CCOC2)cc1. The lowest BCUT2D eigenvalue weighted by atomic mass is 9.83. The van der Waals surface area contributed by atoms with Gasteiger partial charge in [0.2, 0.25) is 0 Å². The molecule has 2 heterocycles. The number of hydrogen-bond donors (Lipinski definition) is 2. The molecule has 0 radical (unpaired) electrons. The topological polar surface area (TPSA) is 68.1 Å². The molecule has 0 fully saturated rings. The summed E-state index contributed by atoms with van der Waals surface area (Å²) >= 11 is -0.847. The summed E-state index contributed by atoms with van der Waals surface area (Å²) in [6.45, 7) is 11.0. The minimum atomic E-state index is -1.09. The van der Waals surface area contributed by atoms with Gasteiger partial charge in [-0.1, -0.05) is 48.0 Å². The summed E-state index contributed by atoms with van der Waals surface area (Å²) in [4.78, 5) is 12.7. The van der Waals surface area contributed by atoms with E-state index >= 15 is 0 Å². The average Bonchev–Trinajstić information content (AvgIpc) is 2.97. The second-order valence-corrected chi connectivity index (χ2v) is 12.6. The molecule has 6 heteroatoms. The first kappa shape index (κ1) is 25.7. The number of aliphatic carboxylic acids is 1. The number of carboxylic acids is 1. The van der Waals surface area contributed by atoms with Gasteiger partial charge in [-0.15, -0.1) is 11.1 Å². The maximum absolute atomic E-state index is 12.7. The van der Waals surface area contributed by atoms with E-state index in [9.17, 15) is 9.90 Å². The number of aryl methyl sites for hydroxylation is 2.